The lowest BCUT2D eigenvalue weighted by Crippen LogP contribution is -2.22. The fourth-order valence-corrected chi connectivity index (χ4v) is 2.98. The molecule has 0 heterocycles. The van der Waals surface area contributed by atoms with Gasteiger partial charge < -0.3 is 15.4 Å². The fraction of sp³-hybridized carbons (Fsp3) is 0.208. The van der Waals surface area contributed by atoms with E-state index in [1.807, 2.05) is 24.3 Å². The van der Waals surface area contributed by atoms with Gasteiger partial charge in [-0.05, 0) is 48.7 Å². The summed E-state index contributed by atoms with van der Waals surface area (Å²) in [6, 6.07) is 21.9. The molecule has 0 bridgehead atoms. The average molecular weight is 428 g/mol. The van der Waals surface area contributed by atoms with Gasteiger partial charge in [0.05, 0.1) is 24.4 Å². The molecule has 2 N–H and O–H groups in total. The van der Waals surface area contributed by atoms with Crippen molar-refractivity contribution >= 4 is 17.3 Å². The van der Waals surface area contributed by atoms with Crippen LogP contribution in [0, 0.1) is 0 Å². The van der Waals surface area contributed by atoms with E-state index in [1.54, 1.807) is 18.2 Å². The molecular weight excluding hydrogens is 405 g/mol. The first kappa shape index (κ1) is 22.2. The molecule has 0 unspecified atom stereocenters. The van der Waals surface area contributed by atoms with E-state index in [0.29, 0.717) is 18.0 Å². The van der Waals surface area contributed by atoms with E-state index in [-0.39, 0.29) is 12.2 Å². The van der Waals surface area contributed by atoms with Crippen molar-refractivity contribution in [2.24, 2.45) is 0 Å². The lowest BCUT2D eigenvalue weighted by molar-refractivity contribution is -0.137. The zero-order valence-electron chi connectivity index (χ0n) is 16.8. The van der Waals surface area contributed by atoms with Gasteiger partial charge in [0.25, 0.3) is 0 Å². The van der Waals surface area contributed by atoms with Crippen LogP contribution in [0.2, 0.25) is 0 Å². The van der Waals surface area contributed by atoms with Crippen LogP contribution in [0.3, 0.4) is 0 Å². The van der Waals surface area contributed by atoms with Crippen LogP contribution in [0.5, 0.6) is 5.75 Å². The third-order valence-electron chi connectivity index (χ3n) is 4.51. The Bertz CT molecular complexity index is 991. The molecular formula is C24H23F3N2O2. The Kier molecular flexibility index (Phi) is 7.54. The van der Waals surface area contributed by atoms with Crippen molar-refractivity contribution in [3.63, 3.8) is 0 Å². The van der Waals surface area contributed by atoms with Crippen LogP contribution < -0.4 is 15.4 Å². The maximum Gasteiger partial charge on any atom is 0.416 e. The molecule has 0 aliphatic rings. The average Bonchev–Trinajstić information content (AvgIpc) is 2.77. The first-order valence-corrected chi connectivity index (χ1v) is 9.88. The lowest BCUT2D eigenvalue weighted by Gasteiger charge is -2.14. The van der Waals surface area contributed by atoms with Crippen molar-refractivity contribution in [3.8, 4) is 5.75 Å². The standard InChI is InChI=1S/C24H23F3N2O2/c25-24(26,27)19-11-6-12-20(16-19)28-17-23(30)29-21-13-4-5-14-22(21)31-15-7-10-18-8-2-1-3-9-18/h1-6,8-9,11-14,16,28H,7,10,15,17H2,(H,29,30). The number of carbonyl (C=O) groups is 1. The molecule has 0 aliphatic heterocycles. The zero-order chi connectivity index (χ0) is 22.1. The number of carbonyl (C=O) groups excluding carboxylic acids is 1. The Hall–Kier alpha value is -3.48. The Morgan fingerprint density at radius 2 is 1.65 bits per heavy atom. The van der Waals surface area contributed by atoms with Gasteiger partial charge in [-0.15, -0.1) is 0 Å². The Labute approximate surface area is 179 Å². The van der Waals surface area contributed by atoms with Crippen LogP contribution in [0.15, 0.2) is 78.9 Å². The minimum absolute atomic E-state index is 0.177. The number of amides is 1. The number of para-hydroxylation sites is 2. The van der Waals surface area contributed by atoms with E-state index >= 15 is 0 Å². The van der Waals surface area contributed by atoms with Gasteiger partial charge in [0.1, 0.15) is 5.75 Å². The Morgan fingerprint density at radius 3 is 2.42 bits per heavy atom. The van der Waals surface area contributed by atoms with Crippen molar-refractivity contribution in [1.29, 1.82) is 0 Å². The number of aryl methyl sites for hydroxylation is 1. The van der Waals surface area contributed by atoms with Gasteiger partial charge >= 0.3 is 6.18 Å². The second kappa shape index (κ2) is 10.5. The lowest BCUT2D eigenvalue weighted by atomic mass is 10.1. The number of anilines is 2. The molecule has 3 aromatic carbocycles. The summed E-state index contributed by atoms with van der Waals surface area (Å²) in [4.78, 5) is 12.3. The van der Waals surface area contributed by atoms with Crippen LogP contribution in [-0.2, 0) is 17.4 Å². The van der Waals surface area contributed by atoms with E-state index in [0.717, 1.165) is 25.0 Å². The third kappa shape index (κ3) is 7.06. The second-order valence-electron chi connectivity index (χ2n) is 6.91. The molecule has 3 rings (SSSR count). The van der Waals surface area contributed by atoms with E-state index in [1.165, 1.54) is 17.7 Å². The molecule has 1 amide bonds. The largest absolute Gasteiger partial charge is 0.491 e. The molecule has 3 aromatic rings. The molecule has 0 atom stereocenters. The van der Waals surface area contributed by atoms with Gasteiger partial charge in [-0.2, -0.15) is 13.2 Å². The van der Waals surface area contributed by atoms with Gasteiger partial charge in [0.15, 0.2) is 0 Å². The summed E-state index contributed by atoms with van der Waals surface area (Å²) in [5.41, 5.74) is 1.19. The number of ether oxygens (including phenoxy) is 1. The number of nitrogens with one attached hydrogen (secondary N) is 2. The number of rotatable bonds is 9. The summed E-state index contributed by atoms with van der Waals surface area (Å²) in [7, 11) is 0. The summed E-state index contributed by atoms with van der Waals surface area (Å²) in [5.74, 6) is 0.153. The second-order valence-corrected chi connectivity index (χ2v) is 6.91. The Balaban J connectivity index is 1.50. The number of benzene rings is 3. The van der Waals surface area contributed by atoms with E-state index in [9.17, 15) is 18.0 Å². The topological polar surface area (TPSA) is 50.4 Å². The maximum atomic E-state index is 12.8. The van der Waals surface area contributed by atoms with E-state index < -0.39 is 17.6 Å². The van der Waals surface area contributed by atoms with Gasteiger partial charge in [0, 0.05) is 5.69 Å². The van der Waals surface area contributed by atoms with Crippen LogP contribution >= 0.6 is 0 Å². The van der Waals surface area contributed by atoms with E-state index in [2.05, 4.69) is 22.8 Å². The third-order valence-corrected chi connectivity index (χ3v) is 4.51. The summed E-state index contributed by atoms with van der Waals surface area (Å²) in [6.45, 7) is 0.313. The minimum Gasteiger partial charge on any atom is -0.491 e. The summed E-state index contributed by atoms with van der Waals surface area (Å²) in [5, 5.41) is 5.45. The highest BCUT2D eigenvalue weighted by molar-refractivity contribution is 5.95. The van der Waals surface area contributed by atoms with Crippen molar-refractivity contribution in [2.75, 3.05) is 23.8 Å². The molecule has 4 nitrogen and oxygen atoms in total. The smallest absolute Gasteiger partial charge is 0.416 e. The van der Waals surface area contributed by atoms with Crippen LogP contribution in [0.4, 0.5) is 24.5 Å². The Morgan fingerprint density at radius 1 is 0.903 bits per heavy atom. The molecule has 0 spiro atoms. The highest BCUT2D eigenvalue weighted by Gasteiger charge is 2.30. The number of halogens is 3. The summed E-state index contributed by atoms with van der Waals surface area (Å²) < 4.78 is 44.2. The summed E-state index contributed by atoms with van der Waals surface area (Å²) in [6.07, 6.45) is -2.73. The number of alkyl halides is 3. The van der Waals surface area contributed by atoms with Gasteiger partial charge in [-0.1, -0.05) is 48.5 Å². The van der Waals surface area contributed by atoms with Crippen LogP contribution in [0.25, 0.3) is 0 Å². The van der Waals surface area contributed by atoms with Gasteiger partial charge in [-0.25, -0.2) is 0 Å². The predicted molar refractivity (Wildman–Crippen MR) is 115 cm³/mol. The quantitative estimate of drug-likeness (QED) is 0.426. The first-order valence-electron chi connectivity index (χ1n) is 9.88. The molecule has 162 valence electrons. The van der Waals surface area contributed by atoms with Crippen molar-refractivity contribution in [2.45, 2.75) is 19.0 Å². The monoisotopic (exact) mass is 428 g/mol. The minimum atomic E-state index is -4.43. The molecule has 31 heavy (non-hydrogen) atoms. The van der Waals surface area contributed by atoms with Gasteiger partial charge in [0.2, 0.25) is 5.91 Å². The first-order chi connectivity index (χ1) is 14.9. The molecule has 0 fully saturated rings. The molecule has 0 saturated heterocycles. The van der Waals surface area contributed by atoms with Gasteiger partial charge in [-0.3, -0.25) is 4.79 Å². The fourth-order valence-electron chi connectivity index (χ4n) is 2.98. The van der Waals surface area contributed by atoms with Crippen molar-refractivity contribution in [3.05, 3.63) is 90.0 Å². The predicted octanol–water partition coefficient (Wildman–Crippen LogP) is 5.77. The highest BCUT2D eigenvalue weighted by Crippen LogP contribution is 2.30. The molecule has 0 saturated carbocycles. The van der Waals surface area contributed by atoms with Crippen molar-refractivity contribution < 1.29 is 22.7 Å². The van der Waals surface area contributed by atoms with Crippen LogP contribution in [-0.4, -0.2) is 19.1 Å². The maximum absolute atomic E-state index is 12.8. The highest BCUT2D eigenvalue weighted by atomic mass is 19.4. The van der Waals surface area contributed by atoms with Crippen LogP contribution in [0.1, 0.15) is 17.5 Å². The molecule has 0 aromatic heterocycles. The molecule has 0 aliphatic carbocycles. The SMILES string of the molecule is O=C(CNc1cccc(C(F)(F)F)c1)Nc1ccccc1OCCCc1ccccc1. The number of hydrogen-bond donors (Lipinski definition) is 2. The number of hydrogen-bond acceptors (Lipinski definition) is 3. The van der Waals surface area contributed by atoms with Crippen molar-refractivity contribution in [1.82, 2.24) is 0 Å². The summed E-state index contributed by atoms with van der Waals surface area (Å²) >= 11 is 0. The molecule has 7 heteroatoms. The molecule has 0 radical (unpaired) electrons. The van der Waals surface area contributed by atoms with E-state index in [4.69, 9.17) is 4.74 Å². The zero-order valence-corrected chi connectivity index (χ0v) is 16.8. The normalized spacial score (nSPS) is 11.1.